The third-order valence-electron chi connectivity index (χ3n) is 3.01. The smallest absolute Gasteiger partial charge is 0.0943 e. The summed E-state index contributed by atoms with van der Waals surface area (Å²) in [6.45, 7) is 1.01. The van der Waals surface area contributed by atoms with Gasteiger partial charge in [-0.1, -0.05) is 12.5 Å². The number of hydrogen-bond donors (Lipinski definition) is 2. The molecule has 0 aliphatic carbocycles. The first kappa shape index (κ1) is 12.6. The third-order valence-corrected chi connectivity index (χ3v) is 4.89. The van der Waals surface area contributed by atoms with Gasteiger partial charge in [0.15, 0.2) is 0 Å². The van der Waals surface area contributed by atoms with Gasteiger partial charge in [0, 0.05) is 15.0 Å². The predicted molar refractivity (Wildman–Crippen MR) is 72.4 cm³/mol. The number of piperidine rings is 1. The summed E-state index contributed by atoms with van der Waals surface area (Å²) in [6.07, 6.45) is 3.05. The molecule has 16 heavy (non-hydrogen) atoms. The Morgan fingerprint density at radius 1 is 1.25 bits per heavy atom. The summed E-state index contributed by atoms with van der Waals surface area (Å²) in [5, 5.41) is 13.6. The largest absolute Gasteiger partial charge is 0.387 e. The number of halogens is 2. The van der Waals surface area contributed by atoms with Crippen molar-refractivity contribution in [2.45, 2.75) is 31.4 Å². The minimum atomic E-state index is -0.412. The van der Waals surface area contributed by atoms with Gasteiger partial charge >= 0.3 is 0 Å². The topological polar surface area (TPSA) is 32.3 Å². The normalized spacial score (nSPS) is 23.1. The molecule has 1 aliphatic rings. The quantitative estimate of drug-likeness (QED) is 0.858. The maximum Gasteiger partial charge on any atom is 0.0943 e. The van der Waals surface area contributed by atoms with Crippen molar-refractivity contribution < 1.29 is 5.11 Å². The van der Waals surface area contributed by atoms with Gasteiger partial charge in [-0.25, -0.2) is 0 Å². The van der Waals surface area contributed by atoms with Gasteiger partial charge in [-0.3, -0.25) is 0 Å². The second-order valence-electron chi connectivity index (χ2n) is 4.17. The fourth-order valence-electron chi connectivity index (χ4n) is 2.08. The van der Waals surface area contributed by atoms with Crippen molar-refractivity contribution in [3.63, 3.8) is 0 Å². The molecule has 88 valence electrons. The zero-order valence-corrected chi connectivity index (χ0v) is 12.1. The zero-order valence-electron chi connectivity index (χ0n) is 8.92. The second kappa shape index (κ2) is 5.63. The standard InChI is InChI=1S/C12H15Br2NO/c13-9-5-4-8(7-10(9)14)12(16)11-3-1-2-6-15-11/h4-5,7,11-12,15-16H,1-3,6H2. The zero-order chi connectivity index (χ0) is 11.5. The first-order valence-electron chi connectivity index (χ1n) is 5.55. The molecule has 1 aromatic rings. The molecule has 2 rings (SSSR count). The van der Waals surface area contributed by atoms with E-state index in [0.717, 1.165) is 27.5 Å². The molecular formula is C12H15Br2NO. The Labute approximate surface area is 113 Å². The summed E-state index contributed by atoms with van der Waals surface area (Å²) in [4.78, 5) is 0. The Hall–Kier alpha value is 0.1000. The van der Waals surface area contributed by atoms with Gasteiger partial charge in [0.1, 0.15) is 0 Å². The number of hydrogen-bond acceptors (Lipinski definition) is 2. The van der Waals surface area contributed by atoms with Crippen LogP contribution in [0.5, 0.6) is 0 Å². The van der Waals surface area contributed by atoms with E-state index in [1.807, 2.05) is 18.2 Å². The van der Waals surface area contributed by atoms with E-state index in [0.29, 0.717) is 0 Å². The van der Waals surface area contributed by atoms with E-state index in [9.17, 15) is 5.11 Å². The lowest BCUT2D eigenvalue weighted by Crippen LogP contribution is -2.38. The maximum absolute atomic E-state index is 10.3. The van der Waals surface area contributed by atoms with E-state index in [1.165, 1.54) is 12.8 Å². The molecule has 0 aromatic heterocycles. The Morgan fingerprint density at radius 3 is 2.69 bits per heavy atom. The molecule has 2 N–H and O–H groups in total. The molecule has 1 heterocycles. The summed E-state index contributed by atoms with van der Waals surface area (Å²) in [5.41, 5.74) is 0.967. The van der Waals surface area contributed by atoms with E-state index < -0.39 is 6.10 Å². The number of aliphatic hydroxyl groups excluding tert-OH is 1. The molecule has 4 heteroatoms. The summed E-state index contributed by atoms with van der Waals surface area (Å²) < 4.78 is 2.00. The average molecular weight is 349 g/mol. The van der Waals surface area contributed by atoms with Crippen molar-refractivity contribution in [1.82, 2.24) is 5.32 Å². The van der Waals surface area contributed by atoms with Crippen LogP contribution in [0.4, 0.5) is 0 Å². The lowest BCUT2D eigenvalue weighted by molar-refractivity contribution is 0.114. The number of nitrogens with one attached hydrogen (secondary N) is 1. The molecule has 1 aliphatic heterocycles. The maximum atomic E-state index is 10.3. The van der Waals surface area contributed by atoms with Gasteiger partial charge in [0.05, 0.1) is 6.10 Å². The highest BCUT2D eigenvalue weighted by molar-refractivity contribution is 9.13. The molecule has 0 spiro atoms. The Balaban J connectivity index is 2.12. The molecule has 1 saturated heterocycles. The van der Waals surface area contributed by atoms with Gasteiger partial charge in [0.25, 0.3) is 0 Å². The second-order valence-corrected chi connectivity index (χ2v) is 5.88. The minimum Gasteiger partial charge on any atom is -0.387 e. The van der Waals surface area contributed by atoms with Crippen molar-refractivity contribution in [2.75, 3.05) is 6.54 Å². The monoisotopic (exact) mass is 347 g/mol. The first-order valence-corrected chi connectivity index (χ1v) is 7.13. The van der Waals surface area contributed by atoms with Crippen LogP contribution in [0, 0.1) is 0 Å². The molecule has 0 amide bonds. The lowest BCUT2D eigenvalue weighted by atomic mass is 9.95. The van der Waals surface area contributed by atoms with Crippen molar-refractivity contribution in [3.05, 3.63) is 32.7 Å². The summed E-state index contributed by atoms with van der Waals surface area (Å²) >= 11 is 6.89. The predicted octanol–water partition coefficient (Wildman–Crippen LogP) is 3.39. The Kier molecular flexibility index (Phi) is 4.41. The van der Waals surface area contributed by atoms with Gasteiger partial charge < -0.3 is 10.4 Å². The minimum absolute atomic E-state index is 0.196. The third kappa shape index (κ3) is 2.86. The van der Waals surface area contributed by atoms with Crippen LogP contribution >= 0.6 is 31.9 Å². The number of rotatable bonds is 2. The highest BCUT2D eigenvalue weighted by atomic mass is 79.9. The summed E-state index contributed by atoms with van der Waals surface area (Å²) in [6, 6.07) is 6.11. The van der Waals surface area contributed by atoms with Crippen molar-refractivity contribution in [1.29, 1.82) is 0 Å². The van der Waals surface area contributed by atoms with Gasteiger partial charge in [-0.15, -0.1) is 0 Å². The van der Waals surface area contributed by atoms with E-state index in [4.69, 9.17) is 0 Å². The number of benzene rings is 1. The molecule has 1 fully saturated rings. The summed E-state index contributed by atoms with van der Waals surface area (Å²) in [5.74, 6) is 0. The lowest BCUT2D eigenvalue weighted by Gasteiger charge is -2.28. The van der Waals surface area contributed by atoms with Crippen molar-refractivity contribution >= 4 is 31.9 Å². The molecule has 2 unspecified atom stereocenters. The van der Waals surface area contributed by atoms with Gasteiger partial charge in [-0.05, 0) is 68.9 Å². The fraction of sp³-hybridized carbons (Fsp3) is 0.500. The van der Waals surface area contributed by atoms with Crippen LogP contribution in [0.3, 0.4) is 0 Å². The highest BCUT2D eigenvalue weighted by Gasteiger charge is 2.22. The molecule has 1 aromatic carbocycles. The van der Waals surface area contributed by atoms with Crippen LogP contribution in [0.15, 0.2) is 27.1 Å². The Bertz CT molecular complexity index is 364. The molecule has 2 atom stereocenters. The van der Waals surface area contributed by atoms with E-state index in [1.54, 1.807) is 0 Å². The molecular weight excluding hydrogens is 334 g/mol. The van der Waals surface area contributed by atoms with Crippen LogP contribution in [0.1, 0.15) is 30.9 Å². The number of aliphatic hydroxyl groups is 1. The fourth-order valence-corrected chi connectivity index (χ4v) is 2.72. The first-order chi connectivity index (χ1) is 7.68. The molecule has 2 nitrogen and oxygen atoms in total. The van der Waals surface area contributed by atoms with Crippen LogP contribution in [0.25, 0.3) is 0 Å². The van der Waals surface area contributed by atoms with Crippen molar-refractivity contribution in [3.8, 4) is 0 Å². The summed E-state index contributed by atoms with van der Waals surface area (Å²) in [7, 11) is 0. The van der Waals surface area contributed by atoms with E-state index >= 15 is 0 Å². The Morgan fingerprint density at radius 2 is 2.06 bits per heavy atom. The SMILES string of the molecule is OC(c1ccc(Br)c(Br)c1)C1CCCCN1. The van der Waals surface area contributed by atoms with Crippen molar-refractivity contribution in [2.24, 2.45) is 0 Å². The van der Waals surface area contributed by atoms with Crippen LogP contribution in [-0.2, 0) is 0 Å². The van der Waals surface area contributed by atoms with Crippen LogP contribution in [-0.4, -0.2) is 17.7 Å². The van der Waals surface area contributed by atoms with Gasteiger partial charge in [-0.2, -0.15) is 0 Å². The highest BCUT2D eigenvalue weighted by Crippen LogP contribution is 2.29. The van der Waals surface area contributed by atoms with Gasteiger partial charge in [0.2, 0.25) is 0 Å². The van der Waals surface area contributed by atoms with E-state index in [-0.39, 0.29) is 6.04 Å². The molecule has 0 bridgehead atoms. The molecule has 0 radical (unpaired) electrons. The van der Waals surface area contributed by atoms with Crippen LogP contribution in [0.2, 0.25) is 0 Å². The average Bonchev–Trinajstić information content (AvgIpc) is 2.33. The van der Waals surface area contributed by atoms with E-state index in [2.05, 4.69) is 37.2 Å². The van der Waals surface area contributed by atoms with Crippen LogP contribution < -0.4 is 5.32 Å². The molecule has 0 saturated carbocycles.